The number of aromatic nitrogens is 1. The summed E-state index contributed by atoms with van der Waals surface area (Å²) in [5.74, 6) is -0.138. The van der Waals surface area contributed by atoms with Crippen LogP contribution in [0.15, 0.2) is 47.4 Å². The number of sulfone groups is 1. The van der Waals surface area contributed by atoms with E-state index in [2.05, 4.69) is 4.98 Å². The molecule has 0 unspecified atom stereocenters. The Hall–Kier alpha value is -2.29. The van der Waals surface area contributed by atoms with Gasteiger partial charge in [-0.15, -0.1) is 0 Å². The van der Waals surface area contributed by atoms with Gasteiger partial charge in [-0.05, 0) is 31.2 Å². The van der Waals surface area contributed by atoms with E-state index in [1.54, 1.807) is 17.0 Å². The molecule has 2 aromatic carbocycles. The Morgan fingerprint density at radius 2 is 1.82 bits per heavy atom. The number of benzene rings is 2. The third kappa shape index (κ3) is 4.40. The molecule has 0 fully saturated rings. The molecule has 0 atom stereocenters. The summed E-state index contributed by atoms with van der Waals surface area (Å²) in [7, 11) is 0.637. The molecule has 0 aliphatic rings. The number of carbonyl (C=O) groups is 1. The maximum absolute atomic E-state index is 13.2. The Bertz CT molecular complexity index is 1100. The Balaban J connectivity index is 2.07. The highest BCUT2D eigenvalue weighted by atomic mass is 32.2. The first-order valence-corrected chi connectivity index (χ1v) is 11.6. The van der Waals surface area contributed by atoms with Crippen molar-refractivity contribution in [3.8, 4) is 0 Å². The lowest BCUT2D eigenvalue weighted by molar-refractivity contribution is -0.856. The quantitative estimate of drug-likeness (QED) is 0.663. The third-order valence-corrected chi connectivity index (χ3v) is 6.55. The molecule has 1 aromatic heterocycles. The lowest BCUT2D eigenvalue weighted by atomic mass is 10.1. The summed E-state index contributed by atoms with van der Waals surface area (Å²) < 4.78 is 25.0. The smallest absolute Gasteiger partial charge is 0.260 e. The van der Waals surface area contributed by atoms with Crippen molar-refractivity contribution in [2.45, 2.75) is 11.8 Å². The number of nitrogens with one attached hydrogen (secondary N) is 1. The molecule has 0 saturated heterocycles. The van der Waals surface area contributed by atoms with E-state index in [1.807, 2.05) is 51.4 Å². The van der Waals surface area contributed by atoms with Gasteiger partial charge in [-0.2, -0.15) is 0 Å². The minimum Gasteiger partial charge on any atom is -0.338 e. The topological polar surface area (TPSA) is 71.8 Å². The standard InChI is InChI=1S/C20H23N3O3S2/c1-14-8-10-15(11-9-14)19(24)23(13-12-22(2)3)20-21-18-16(27-20)6-5-7-17(18)28(4,25)26/h5-11H,12-13H2,1-4H3/p+1. The van der Waals surface area contributed by atoms with E-state index in [0.717, 1.165) is 16.8 Å². The second-order valence-electron chi connectivity index (χ2n) is 7.15. The third-order valence-electron chi connectivity index (χ3n) is 4.38. The molecule has 0 aliphatic heterocycles. The van der Waals surface area contributed by atoms with Crippen LogP contribution in [0.3, 0.4) is 0 Å². The first kappa shape index (κ1) is 20.4. The van der Waals surface area contributed by atoms with Crippen molar-refractivity contribution < 1.29 is 18.1 Å². The normalized spacial score (nSPS) is 11.9. The fraction of sp³-hybridized carbons (Fsp3) is 0.300. The van der Waals surface area contributed by atoms with Gasteiger partial charge < -0.3 is 4.90 Å². The van der Waals surface area contributed by atoms with Gasteiger partial charge in [-0.1, -0.05) is 35.1 Å². The average molecular weight is 419 g/mol. The molecule has 0 aliphatic carbocycles. The van der Waals surface area contributed by atoms with Crippen LogP contribution in [-0.4, -0.2) is 52.7 Å². The van der Waals surface area contributed by atoms with E-state index >= 15 is 0 Å². The average Bonchev–Trinajstić information content (AvgIpc) is 3.04. The molecule has 8 heteroatoms. The van der Waals surface area contributed by atoms with Crippen molar-refractivity contribution in [1.29, 1.82) is 0 Å². The van der Waals surface area contributed by atoms with Crippen LogP contribution in [-0.2, 0) is 9.84 Å². The Morgan fingerprint density at radius 3 is 2.43 bits per heavy atom. The maximum atomic E-state index is 13.2. The Labute approximate surface area is 169 Å². The number of hydrogen-bond donors (Lipinski definition) is 1. The van der Waals surface area contributed by atoms with Gasteiger partial charge >= 0.3 is 0 Å². The van der Waals surface area contributed by atoms with Gasteiger partial charge in [0.2, 0.25) is 0 Å². The van der Waals surface area contributed by atoms with E-state index in [-0.39, 0.29) is 10.8 Å². The summed E-state index contributed by atoms with van der Waals surface area (Å²) in [6.07, 6.45) is 1.17. The van der Waals surface area contributed by atoms with Gasteiger partial charge in [0.1, 0.15) is 5.52 Å². The largest absolute Gasteiger partial charge is 0.338 e. The molecule has 1 heterocycles. The van der Waals surface area contributed by atoms with E-state index in [0.29, 0.717) is 22.8 Å². The molecular weight excluding hydrogens is 394 g/mol. The summed E-state index contributed by atoms with van der Waals surface area (Å²) in [6.45, 7) is 3.21. The summed E-state index contributed by atoms with van der Waals surface area (Å²) in [5, 5.41) is 0.512. The second kappa shape index (κ2) is 7.98. The number of hydrogen-bond acceptors (Lipinski definition) is 5. The molecule has 1 amide bonds. The second-order valence-corrected chi connectivity index (χ2v) is 10.1. The number of carbonyl (C=O) groups excluding carboxylic acids is 1. The highest BCUT2D eigenvalue weighted by Gasteiger charge is 2.24. The first-order chi connectivity index (χ1) is 13.2. The van der Waals surface area contributed by atoms with Crippen molar-refractivity contribution in [3.63, 3.8) is 0 Å². The zero-order valence-corrected chi connectivity index (χ0v) is 18.0. The minimum atomic E-state index is -3.41. The highest BCUT2D eigenvalue weighted by molar-refractivity contribution is 7.91. The van der Waals surface area contributed by atoms with Crippen LogP contribution < -0.4 is 9.80 Å². The summed E-state index contributed by atoms with van der Waals surface area (Å²) >= 11 is 1.33. The monoisotopic (exact) mass is 418 g/mol. The van der Waals surface area contributed by atoms with E-state index in [4.69, 9.17) is 0 Å². The molecule has 1 N–H and O–H groups in total. The van der Waals surface area contributed by atoms with Crippen LogP contribution in [0.5, 0.6) is 0 Å². The number of anilines is 1. The molecule has 0 radical (unpaired) electrons. The Morgan fingerprint density at radius 1 is 1.14 bits per heavy atom. The number of quaternary nitrogens is 1. The molecule has 0 saturated carbocycles. The number of likely N-dealkylation sites (N-methyl/N-ethyl adjacent to an activating group) is 1. The molecule has 0 spiro atoms. The predicted octanol–water partition coefficient (Wildman–Crippen LogP) is 1.80. The van der Waals surface area contributed by atoms with Crippen LogP contribution in [0.4, 0.5) is 5.13 Å². The number of aryl methyl sites for hydroxylation is 1. The molecule has 3 aromatic rings. The fourth-order valence-electron chi connectivity index (χ4n) is 2.80. The fourth-order valence-corrected chi connectivity index (χ4v) is 4.71. The van der Waals surface area contributed by atoms with Crippen LogP contribution in [0.1, 0.15) is 15.9 Å². The van der Waals surface area contributed by atoms with Crippen LogP contribution >= 0.6 is 11.3 Å². The first-order valence-electron chi connectivity index (χ1n) is 8.94. The number of fused-ring (bicyclic) bond motifs is 1. The molecule has 148 valence electrons. The van der Waals surface area contributed by atoms with Crippen molar-refractivity contribution >= 4 is 42.4 Å². The molecule has 28 heavy (non-hydrogen) atoms. The Kier molecular flexibility index (Phi) is 5.83. The molecule has 6 nitrogen and oxygen atoms in total. The molecular formula is C20H24N3O3S2+. The zero-order chi connectivity index (χ0) is 20.5. The van der Waals surface area contributed by atoms with Gasteiger partial charge in [-0.25, -0.2) is 13.4 Å². The van der Waals surface area contributed by atoms with Crippen molar-refractivity contribution in [2.75, 3.05) is 38.3 Å². The van der Waals surface area contributed by atoms with Crippen LogP contribution in [0.2, 0.25) is 0 Å². The van der Waals surface area contributed by atoms with E-state index in [1.165, 1.54) is 22.5 Å². The highest BCUT2D eigenvalue weighted by Crippen LogP contribution is 2.33. The van der Waals surface area contributed by atoms with Crippen LogP contribution in [0.25, 0.3) is 10.2 Å². The summed E-state index contributed by atoms with van der Waals surface area (Å²) in [5.41, 5.74) is 2.09. The van der Waals surface area contributed by atoms with Crippen molar-refractivity contribution in [1.82, 2.24) is 4.98 Å². The van der Waals surface area contributed by atoms with Gasteiger partial charge in [0.05, 0.1) is 36.8 Å². The minimum absolute atomic E-state index is 0.138. The predicted molar refractivity (Wildman–Crippen MR) is 113 cm³/mol. The summed E-state index contributed by atoms with van der Waals surface area (Å²) in [4.78, 5) is 20.8. The van der Waals surface area contributed by atoms with Gasteiger partial charge in [0, 0.05) is 11.8 Å². The lowest BCUT2D eigenvalue weighted by Gasteiger charge is -2.20. The summed E-state index contributed by atoms with van der Waals surface area (Å²) in [6, 6.07) is 12.5. The number of thiazole rings is 1. The number of nitrogens with zero attached hydrogens (tertiary/aromatic N) is 2. The molecule has 0 bridgehead atoms. The lowest BCUT2D eigenvalue weighted by Crippen LogP contribution is -3.06. The zero-order valence-electron chi connectivity index (χ0n) is 16.4. The number of para-hydroxylation sites is 1. The SMILES string of the molecule is Cc1ccc(C(=O)N(CC[NH+](C)C)c2nc3c(S(C)(=O)=O)cccc3s2)cc1. The van der Waals surface area contributed by atoms with Gasteiger partial charge in [0.25, 0.3) is 5.91 Å². The van der Waals surface area contributed by atoms with Crippen molar-refractivity contribution in [2.24, 2.45) is 0 Å². The van der Waals surface area contributed by atoms with Gasteiger partial charge in [0.15, 0.2) is 15.0 Å². The maximum Gasteiger partial charge on any atom is 0.260 e. The number of amides is 1. The van der Waals surface area contributed by atoms with E-state index in [9.17, 15) is 13.2 Å². The molecule has 3 rings (SSSR count). The number of rotatable bonds is 6. The van der Waals surface area contributed by atoms with Crippen LogP contribution in [0, 0.1) is 6.92 Å². The van der Waals surface area contributed by atoms with E-state index < -0.39 is 9.84 Å². The van der Waals surface area contributed by atoms with Crippen molar-refractivity contribution in [3.05, 3.63) is 53.6 Å². The van der Waals surface area contributed by atoms with Gasteiger partial charge in [-0.3, -0.25) is 9.69 Å².